The molecule has 0 saturated carbocycles. The molecule has 0 bridgehead atoms. The van der Waals surface area contributed by atoms with Crippen molar-refractivity contribution < 1.29 is 8.78 Å². The van der Waals surface area contributed by atoms with Gasteiger partial charge in [-0.2, -0.15) is 5.10 Å². The topological polar surface area (TPSA) is 43.8 Å². The van der Waals surface area contributed by atoms with Crippen LogP contribution in [0.1, 0.15) is 25.6 Å². The standard InChI is InChI=1S/C13H15F2N3S/c1-7(2)18-13(12(16)8(3)17-18)19-11-5-4-9(14)6-10(11)15/h4-7H,16H2,1-3H3. The lowest BCUT2D eigenvalue weighted by Gasteiger charge is -2.11. The monoisotopic (exact) mass is 283 g/mol. The second-order valence-corrected chi connectivity index (χ2v) is 5.55. The molecule has 6 heteroatoms. The summed E-state index contributed by atoms with van der Waals surface area (Å²) in [5, 5.41) is 5.01. The van der Waals surface area contributed by atoms with Gasteiger partial charge in [0.2, 0.25) is 0 Å². The summed E-state index contributed by atoms with van der Waals surface area (Å²) in [6.07, 6.45) is 0. The molecule has 0 spiro atoms. The Kier molecular flexibility index (Phi) is 3.80. The SMILES string of the molecule is Cc1nn(C(C)C)c(Sc2ccc(F)cc2F)c1N. The first-order chi connectivity index (χ1) is 8.90. The number of rotatable bonds is 3. The minimum atomic E-state index is -0.599. The average molecular weight is 283 g/mol. The van der Waals surface area contributed by atoms with E-state index in [-0.39, 0.29) is 6.04 Å². The third-order valence-electron chi connectivity index (χ3n) is 2.68. The fourth-order valence-electron chi connectivity index (χ4n) is 1.65. The van der Waals surface area contributed by atoms with Crippen molar-refractivity contribution in [3.05, 3.63) is 35.5 Å². The number of nitrogen functional groups attached to an aromatic ring is 1. The molecule has 0 unspecified atom stereocenters. The molecule has 1 aromatic heterocycles. The Morgan fingerprint density at radius 3 is 2.58 bits per heavy atom. The summed E-state index contributed by atoms with van der Waals surface area (Å²) in [5.74, 6) is -1.19. The van der Waals surface area contributed by atoms with Gasteiger partial charge in [-0.05, 0) is 32.9 Å². The van der Waals surface area contributed by atoms with Crippen molar-refractivity contribution in [2.45, 2.75) is 36.7 Å². The van der Waals surface area contributed by atoms with Gasteiger partial charge in [-0.1, -0.05) is 11.8 Å². The summed E-state index contributed by atoms with van der Waals surface area (Å²) >= 11 is 1.16. The summed E-state index contributed by atoms with van der Waals surface area (Å²) in [6.45, 7) is 5.74. The maximum Gasteiger partial charge on any atom is 0.140 e. The van der Waals surface area contributed by atoms with Gasteiger partial charge in [-0.25, -0.2) is 8.78 Å². The molecule has 0 amide bonds. The van der Waals surface area contributed by atoms with Crippen molar-refractivity contribution in [3.8, 4) is 0 Å². The zero-order chi connectivity index (χ0) is 14.2. The molecule has 1 aromatic carbocycles. The van der Waals surface area contributed by atoms with E-state index in [0.29, 0.717) is 21.3 Å². The van der Waals surface area contributed by atoms with E-state index in [4.69, 9.17) is 5.73 Å². The largest absolute Gasteiger partial charge is 0.395 e. The molecule has 2 rings (SSSR count). The van der Waals surface area contributed by atoms with Crippen LogP contribution in [0.25, 0.3) is 0 Å². The number of nitrogens with two attached hydrogens (primary N) is 1. The smallest absolute Gasteiger partial charge is 0.140 e. The number of hydrogen-bond donors (Lipinski definition) is 1. The van der Waals surface area contributed by atoms with E-state index in [1.807, 2.05) is 13.8 Å². The number of hydrogen-bond acceptors (Lipinski definition) is 3. The Morgan fingerprint density at radius 2 is 2.00 bits per heavy atom. The highest BCUT2D eigenvalue weighted by Gasteiger charge is 2.17. The molecule has 0 aliphatic carbocycles. The third-order valence-corrected chi connectivity index (χ3v) is 3.83. The van der Waals surface area contributed by atoms with E-state index in [1.165, 1.54) is 12.1 Å². The first kappa shape index (κ1) is 13.9. The van der Waals surface area contributed by atoms with Gasteiger partial charge in [0.15, 0.2) is 0 Å². The molecule has 0 aliphatic heterocycles. The predicted molar refractivity (Wildman–Crippen MR) is 72.2 cm³/mol. The minimum absolute atomic E-state index is 0.113. The van der Waals surface area contributed by atoms with Crippen LogP contribution in [0.5, 0.6) is 0 Å². The molecule has 0 atom stereocenters. The van der Waals surface area contributed by atoms with Crippen molar-refractivity contribution in [1.82, 2.24) is 9.78 Å². The molecule has 102 valence electrons. The molecule has 2 aromatic rings. The Hall–Kier alpha value is -1.56. The fraction of sp³-hybridized carbons (Fsp3) is 0.308. The Labute approximate surface area is 114 Å². The number of anilines is 1. The van der Waals surface area contributed by atoms with Gasteiger partial charge in [0, 0.05) is 17.0 Å². The first-order valence-electron chi connectivity index (χ1n) is 5.87. The maximum atomic E-state index is 13.7. The van der Waals surface area contributed by atoms with Gasteiger partial charge >= 0.3 is 0 Å². The average Bonchev–Trinajstić information content (AvgIpc) is 2.61. The molecule has 0 saturated heterocycles. The predicted octanol–water partition coefficient (Wildman–Crippen LogP) is 3.78. The summed E-state index contributed by atoms with van der Waals surface area (Å²) in [7, 11) is 0. The molecule has 1 heterocycles. The molecule has 0 radical (unpaired) electrons. The normalized spacial score (nSPS) is 11.3. The lowest BCUT2D eigenvalue weighted by atomic mass is 10.3. The van der Waals surface area contributed by atoms with E-state index in [2.05, 4.69) is 5.10 Å². The lowest BCUT2D eigenvalue weighted by molar-refractivity contribution is 0.490. The zero-order valence-corrected chi connectivity index (χ0v) is 11.8. The number of benzene rings is 1. The van der Waals surface area contributed by atoms with E-state index in [9.17, 15) is 8.78 Å². The Morgan fingerprint density at radius 1 is 1.32 bits per heavy atom. The number of nitrogens with zero attached hydrogens (tertiary/aromatic N) is 2. The highest BCUT2D eigenvalue weighted by atomic mass is 32.2. The summed E-state index contributed by atoms with van der Waals surface area (Å²) in [5.41, 5.74) is 7.21. The zero-order valence-electron chi connectivity index (χ0n) is 10.9. The molecular weight excluding hydrogens is 268 g/mol. The van der Waals surface area contributed by atoms with Crippen LogP contribution in [-0.4, -0.2) is 9.78 Å². The summed E-state index contributed by atoms with van der Waals surface area (Å²) < 4.78 is 28.3. The van der Waals surface area contributed by atoms with Crippen LogP contribution in [0.4, 0.5) is 14.5 Å². The van der Waals surface area contributed by atoms with Crippen LogP contribution in [0.2, 0.25) is 0 Å². The van der Waals surface area contributed by atoms with Crippen molar-refractivity contribution >= 4 is 17.4 Å². The van der Waals surface area contributed by atoms with Crippen LogP contribution < -0.4 is 5.73 Å². The molecule has 19 heavy (non-hydrogen) atoms. The van der Waals surface area contributed by atoms with Crippen molar-refractivity contribution in [2.24, 2.45) is 0 Å². The molecule has 0 aliphatic rings. The fourth-order valence-corrected chi connectivity index (χ4v) is 2.76. The first-order valence-corrected chi connectivity index (χ1v) is 6.69. The highest BCUT2D eigenvalue weighted by Crippen LogP contribution is 2.36. The van der Waals surface area contributed by atoms with Gasteiger partial charge < -0.3 is 5.73 Å². The molecule has 3 nitrogen and oxygen atoms in total. The van der Waals surface area contributed by atoms with Gasteiger partial charge in [0.1, 0.15) is 16.7 Å². The Balaban J connectivity index is 2.43. The molecule has 0 fully saturated rings. The quantitative estimate of drug-likeness (QED) is 0.932. The Bertz CT molecular complexity index is 608. The second-order valence-electron chi connectivity index (χ2n) is 4.52. The van der Waals surface area contributed by atoms with E-state index in [0.717, 1.165) is 17.8 Å². The number of halogens is 2. The second kappa shape index (κ2) is 5.21. The highest BCUT2D eigenvalue weighted by molar-refractivity contribution is 7.99. The molecular formula is C13H15F2N3S. The number of aromatic nitrogens is 2. The van der Waals surface area contributed by atoms with Gasteiger partial charge in [-0.15, -0.1) is 0 Å². The third kappa shape index (κ3) is 2.73. The number of aryl methyl sites for hydroxylation is 1. The van der Waals surface area contributed by atoms with Crippen molar-refractivity contribution in [2.75, 3.05) is 5.73 Å². The van der Waals surface area contributed by atoms with Crippen molar-refractivity contribution in [1.29, 1.82) is 0 Å². The lowest BCUT2D eigenvalue weighted by Crippen LogP contribution is -2.05. The van der Waals surface area contributed by atoms with E-state index in [1.54, 1.807) is 11.6 Å². The van der Waals surface area contributed by atoms with E-state index < -0.39 is 11.6 Å². The van der Waals surface area contributed by atoms with Gasteiger partial charge in [-0.3, -0.25) is 4.68 Å². The van der Waals surface area contributed by atoms with E-state index >= 15 is 0 Å². The summed E-state index contributed by atoms with van der Waals surface area (Å²) in [6, 6.07) is 3.61. The van der Waals surface area contributed by atoms with Crippen LogP contribution in [-0.2, 0) is 0 Å². The minimum Gasteiger partial charge on any atom is -0.395 e. The van der Waals surface area contributed by atoms with Gasteiger partial charge in [0.25, 0.3) is 0 Å². The summed E-state index contributed by atoms with van der Waals surface area (Å²) in [4.78, 5) is 0.329. The van der Waals surface area contributed by atoms with Crippen LogP contribution in [0, 0.1) is 18.6 Å². The van der Waals surface area contributed by atoms with Crippen LogP contribution in [0.15, 0.2) is 28.1 Å². The van der Waals surface area contributed by atoms with Crippen molar-refractivity contribution in [3.63, 3.8) is 0 Å². The maximum absolute atomic E-state index is 13.7. The van der Waals surface area contributed by atoms with Crippen LogP contribution in [0.3, 0.4) is 0 Å². The van der Waals surface area contributed by atoms with Gasteiger partial charge in [0.05, 0.1) is 11.4 Å². The van der Waals surface area contributed by atoms with Crippen LogP contribution >= 0.6 is 11.8 Å². The molecule has 2 N–H and O–H groups in total.